The summed E-state index contributed by atoms with van der Waals surface area (Å²) in [6.07, 6.45) is 1.14. The first-order chi connectivity index (χ1) is 15.0. The Morgan fingerprint density at radius 2 is 1.84 bits per heavy atom. The van der Waals surface area contributed by atoms with Crippen molar-refractivity contribution >= 4 is 5.96 Å². The fourth-order valence-electron chi connectivity index (χ4n) is 2.96. The Labute approximate surface area is 183 Å². The minimum atomic E-state index is -0.677. The average Bonchev–Trinajstić information content (AvgIpc) is 3.25. The first-order valence-corrected chi connectivity index (χ1v) is 10.5. The number of aliphatic imine (C=N–C) groups is 1. The van der Waals surface area contributed by atoms with Gasteiger partial charge in [0.2, 0.25) is 5.89 Å². The van der Waals surface area contributed by atoms with Gasteiger partial charge in [-0.3, -0.25) is 0 Å². The van der Waals surface area contributed by atoms with Gasteiger partial charge in [-0.1, -0.05) is 42.5 Å². The molecule has 0 fully saturated rings. The summed E-state index contributed by atoms with van der Waals surface area (Å²) in [6.45, 7) is 7.25. The van der Waals surface area contributed by atoms with Crippen molar-refractivity contribution in [3.63, 3.8) is 0 Å². The van der Waals surface area contributed by atoms with E-state index in [1.165, 1.54) is 0 Å². The zero-order valence-corrected chi connectivity index (χ0v) is 18.2. The van der Waals surface area contributed by atoms with Crippen LogP contribution in [-0.2, 0) is 6.54 Å². The smallest absolute Gasteiger partial charge is 0.216 e. The van der Waals surface area contributed by atoms with Gasteiger partial charge < -0.3 is 24.9 Å². The summed E-state index contributed by atoms with van der Waals surface area (Å²) in [7, 11) is 0. The van der Waals surface area contributed by atoms with E-state index in [-0.39, 0.29) is 6.10 Å². The summed E-state index contributed by atoms with van der Waals surface area (Å²) in [6, 6.07) is 17.3. The van der Waals surface area contributed by atoms with E-state index >= 15 is 0 Å². The molecule has 0 amide bonds. The molecule has 7 nitrogen and oxygen atoms in total. The zero-order valence-electron chi connectivity index (χ0n) is 18.2. The SMILES string of the molecule is CCNC(=NCc1ncc(-c2ccccc2)o1)NCC(O)c1ccc(OC(C)C)cc1. The van der Waals surface area contributed by atoms with Crippen molar-refractivity contribution in [1.29, 1.82) is 0 Å². The molecule has 7 heteroatoms. The van der Waals surface area contributed by atoms with E-state index in [4.69, 9.17) is 9.15 Å². The highest BCUT2D eigenvalue weighted by Crippen LogP contribution is 2.20. The van der Waals surface area contributed by atoms with Crippen LogP contribution < -0.4 is 15.4 Å². The third-order valence-corrected chi connectivity index (χ3v) is 4.43. The maximum absolute atomic E-state index is 10.5. The maximum Gasteiger partial charge on any atom is 0.216 e. The van der Waals surface area contributed by atoms with Crippen LogP contribution in [0.15, 0.2) is 70.2 Å². The van der Waals surface area contributed by atoms with Crippen LogP contribution in [0.3, 0.4) is 0 Å². The van der Waals surface area contributed by atoms with Gasteiger partial charge in [0.15, 0.2) is 11.7 Å². The van der Waals surface area contributed by atoms with E-state index in [9.17, 15) is 5.11 Å². The number of oxazole rings is 1. The van der Waals surface area contributed by atoms with Gasteiger partial charge >= 0.3 is 0 Å². The number of aromatic nitrogens is 1. The monoisotopic (exact) mass is 422 g/mol. The van der Waals surface area contributed by atoms with Gasteiger partial charge in [-0.25, -0.2) is 9.98 Å². The van der Waals surface area contributed by atoms with Crippen molar-refractivity contribution in [2.75, 3.05) is 13.1 Å². The van der Waals surface area contributed by atoms with Crippen molar-refractivity contribution in [3.8, 4) is 17.1 Å². The number of nitrogens with one attached hydrogen (secondary N) is 2. The molecule has 1 heterocycles. The van der Waals surface area contributed by atoms with E-state index in [1.54, 1.807) is 6.20 Å². The quantitative estimate of drug-likeness (QED) is 0.358. The Morgan fingerprint density at radius 1 is 1.10 bits per heavy atom. The lowest BCUT2D eigenvalue weighted by Crippen LogP contribution is -2.39. The Morgan fingerprint density at radius 3 is 2.52 bits per heavy atom. The standard InChI is InChI=1S/C24H30N4O3/c1-4-25-24(27-14-21(29)18-10-12-20(13-11-18)30-17(2)3)28-16-23-26-15-22(31-23)19-8-6-5-7-9-19/h5-13,15,17,21,29H,4,14,16H2,1-3H3,(H2,25,27,28). The molecule has 1 aromatic heterocycles. The van der Waals surface area contributed by atoms with Gasteiger partial charge in [0.05, 0.1) is 18.4 Å². The molecule has 31 heavy (non-hydrogen) atoms. The van der Waals surface area contributed by atoms with Crippen molar-refractivity contribution in [2.24, 2.45) is 4.99 Å². The molecule has 0 aliphatic rings. The van der Waals surface area contributed by atoms with E-state index in [1.807, 2.05) is 75.4 Å². The zero-order chi connectivity index (χ0) is 22.1. The van der Waals surface area contributed by atoms with Crippen LogP contribution in [0.4, 0.5) is 0 Å². The Balaban J connectivity index is 1.56. The molecule has 0 aliphatic heterocycles. The molecule has 0 saturated carbocycles. The number of nitrogens with zero attached hydrogens (tertiary/aromatic N) is 2. The maximum atomic E-state index is 10.5. The third kappa shape index (κ3) is 6.86. The third-order valence-electron chi connectivity index (χ3n) is 4.43. The Bertz CT molecular complexity index is 952. The molecule has 3 rings (SSSR count). The highest BCUT2D eigenvalue weighted by molar-refractivity contribution is 5.79. The van der Waals surface area contributed by atoms with Crippen LogP contribution in [-0.4, -0.2) is 35.2 Å². The number of guanidine groups is 1. The number of aliphatic hydroxyl groups excluding tert-OH is 1. The van der Waals surface area contributed by atoms with Crippen LogP contribution in [0.2, 0.25) is 0 Å². The molecule has 0 radical (unpaired) electrons. The number of benzene rings is 2. The number of rotatable bonds is 9. The number of ether oxygens (including phenoxy) is 1. The molecule has 3 N–H and O–H groups in total. The van der Waals surface area contributed by atoms with E-state index in [2.05, 4.69) is 20.6 Å². The van der Waals surface area contributed by atoms with E-state index in [0.29, 0.717) is 37.2 Å². The molecular weight excluding hydrogens is 392 g/mol. The molecule has 0 saturated heterocycles. The van der Waals surface area contributed by atoms with Crippen molar-refractivity contribution in [3.05, 3.63) is 72.2 Å². The van der Waals surface area contributed by atoms with Gasteiger partial charge in [0, 0.05) is 18.7 Å². The van der Waals surface area contributed by atoms with Crippen LogP contribution in [0.1, 0.15) is 38.3 Å². The molecule has 1 atom stereocenters. The van der Waals surface area contributed by atoms with Gasteiger partial charge in [-0.15, -0.1) is 0 Å². The van der Waals surface area contributed by atoms with Crippen LogP contribution in [0.25, 0.3) is 11.3 Å². The number of hydrogen-bond donors (Lipinski definition) is 3. The summed E-state index contributed by atoms with van der Waals surface area (Å²) in [5.74, 6) is 2.61. The van der Waals surface area contributed by atoms with Crippen molar-refractivity contribution in [2.45, 2.75) is 39.5 Å². The minimum Gasteiger partial charge on any atom is -0.491 e. The normalized spacial score (nSPS) is 12.6. The second-order valence-electron chi connectivity index (χ2n) is 7.31. The van der Waals surface area contributed by atoms with Crippen LogP contribution in [0, 0.1) is 0 Å². The fourth-order valence-corrected chi connectivity index (χ4v) is 2.96. The topological polar surface area (TPSA) is 91.9 Å². The number of hydrogen-bond acceptors (Lipinski definition) is 5. The Hall–Kier alpha value is -3.32. The van der Waals surface area contributed by atoms with Gasteiger partial charge in [-0.05, 0) is 38.5 Å². The second kappa shape index (κ2) is 11.2. The molecule has 0 spiro atoms. The summed E-state index contributed by atoms with van der Waals surface area (Å²) in [5.41, 5.74) is 1.78. The lowest BCUT2D eigenvalue weighted by atomic mass is 10.1. The summed E-state index contributed by atoms with van der Waals surface area (Å²) >= 11 is 0. The van der Waals surface area contributed by atoms with Crippen molar-refractivity contribution in [1.82, 2.24) is 15.6 Å². The van der Waals surface area contributed by atoms with Gasteiger partial charge in [-0.2, -0.15) is 0 Å². The molecule has 3 aromatic rings. The largest absolute Gasteiger partial charge is 0.491 e. The van der Waals surface area contributed by atoms with Gasteiger partial charge in [0.1, 0.15) is 12.3 Å². The highest BCUT2D eigenvalue weighted by atomic mass is 16.5. The first-order valence-electron chi connectivity index (χ1n) is 10.5. The second-order valence-corrected chi connectivity index (χ2v) is 7.31. The Kier molecular flexibility index (Phi) is 8.06. The predicted octanol–water partition coefficient (Wildman–Crippen LogP) is 3.92. The molecule has 0 aliphatic carbocycles. The number of aliphatic hydroxyl groups is 1. The van der Waals surface area contributed by atoms with E-state index < -0.39 is 6.10 Å². The molecule has 1 unspecified atom stereocenters. The first kappa shape index (κ1) is 22.4. The lowest BCUT2D eigenvalue weighted by molar-refractivity contribution is 0.180. The molecule has 0 bridgehead atoms. The summed E-state index contributed by atoms with van der Waals surface area (Å²) in [5, 5.41) is 16.8. The van der Waals surface area contributed by atoms with Gasteiger partial charge in [0.25, 0.3) is 0 Å². The molecule has 2 aromatic carbocycles. The predicted molar refractivity (Wildman–Crippen MR) is 122 cm³/mol. The summed E-state index contributed by atoms with van der Waals surface area (Å²) in [4.78, 5) is 8.82. The molecule has 164 valence electrons. The van der Waals surface area contributed by atoms with Crippen LogP contribution >= 0.6 is 0 Å². The lowest BCUT2D eigenvalue weighted by Gasteiger charge is -2.16. The van der Waals surface area contributed by atoms with Crippen molar-refractivity contribution < 1.29 is 14.3 Å². The minimum absolute atomic E-state index is 0.115. The average molecular weight is 423 g/mol. The highest BCUT2D eigenvalue weighted by Gasteiger charge is 2.10. The summed E-state index contributed by atoms with van der Waals surface area (Å²) < 4.78 is 11.4. The fraction of sp³-hybridized carbons (Fsp3) is 0.333. The van der Waals surface area contributed by atoms with Crippen LogP contribution in [0.5, 0.6) is 5.75 Å². The van der Waals surface area contributed by atoms with E-state index in [0.717, 1.165) is 16.9 Å². The molecular formula is C24H30N4O3.